The molecule has 0 aliphatic carbocycles. The van der Waals surface area contributed by atoms with Gasteiger partial charge in [-0.2, -0.15) is 0 Å². The van der Waals surface area contributed by atoms with Crippen molar-refractivity contribution in [3.05, 3.63) is 24.3 Å². The van der Waals surface area contributed by atoms with Gasteiger partial charge >= 0.3 is 0 Å². The number of piperidine rings is 1. The summed E-state index contributed by atoms with van der Waals surface area (Å²) in [6.07, 6.45) is 6.35. The van der Waals surface area contributed by atoms with Gasteiger partial charge in [0, 0.05) is 25.4 Å². The maximum absolute atomic E-state index is 12.1. The first-order chi connectivity index (χ1) is 8.77. The van der Waals surface area contributed by atoms with E-state index in [9.17, 15) is 4.79 Å². The number of nitrogens with zero attached hydrogens (tertiary/aromatic N) is 3. The number of hydrogen-bond acceptors (Lipinski definition) is 4. The van der Waals surface area contributed by atoms with Gasteiger partial charge in [0.25, 0.3) is 0 Å². The number of carbonyl (C=O) groups excluding carboxylic acids is 1. The Labute approximate surface area is 107 Å². The van der Waals surface area contributed by atoms with E-state index >= 15 is 0 Å². The van der Waals surface area contributed by atoms with Gasteiger partial charge in [0.05, 0.1) is 6.54 Å². The number of rotatable bonds is 2. The Kier molecular flexibility index (Phi) is 2.99. The molecule has 3 heterocycles. The highest BCUT2D eigenvalue weighted by Gasteiger charge is 2.43. The van der Waals surface area contributed by atoms with Crippen LogP contribution >= 0.6 is 0 Å². The number of hydrogen-bond donors (Lipinski definition) is 1. The van der Waals surface area contributed by atoms with Crippen LogP contribution in [0.1, 0.15) is 25.1 Å². The van der Waals surface area contributed by atoms with Crippen LogP contribution < -0.4 is 5.32 Å². The molecule has 1 aromatic heterocycles. The summed E-state index contributed by atoms with van der Waals surface area (Å²) >= 11 is 0. The number of aromatic nitrogens is 2. The number of nitrogens with one attached hydrogen (secondary N) is 1. The molecule has 0 bridgehead atoms. The summed E-state index contributed by atoms with van der Waals surface area (Å²) in [4.78, 5) is 22.4. The predicted molar refractivity (Wildman–Crippen MR) is 66.6 cm³/mol. The molecule has 2 saturated heterocycles. The lowest BCUT2D eigenvalue weighted by molar-refractivity contribution is -0.128. The van der Waals surface area contributed by atoms with Crippen LogP contribution in [0.3, 0.4) is 0 Å². The average molecular weight is 246 g/mol. The lowest BCUT2D eigenvalue weighted by Crippen LogP contribution is -2.38. The average Bonchev–Trinajstić information content (AvgIpc) is 2.68. The van der Waals surface area contributed by atoms with Crippen molar-refractivity contribution in [2.24, 2.45) is 5.41 Å². The lowest BCUT2D eigenvalue weighted by atomic mass is 9.78. The van der Waals surface area contributed by atoms with Gasteiger partial charge in [-0.15, -0.1) is 0 Å². The Hall–Kier alpha value is -1.49. The highest BCUT2D eigenvalue weighted by Crippen LogP contribution is 2.39. The van der Waals surface area contributed by atoms with Crippen molar-refractivity contribution in [1.29, 1.82) is 0 Å². The minimum Gasteiger partial charge on any atom is -0.335 e. The molecule has 2 aliphatic heterocycles. The fraction of sp³-hybridized carbons (Fsp3) is 0.615. The van der Waals surface area contributed by atoms with Gasteiger partial charge < -0.3 is 10.2 Å². The van der Waals surface area contributed by atoms with E-state index in [0.717, 1.165) is 38.3 Å². The van der Waals surface area contributed by atoms with Crippen molar-refractivity contribution in [1.82, 2.24) is 20.2 Å². The van der Waals surface area contributed by atoms with Crippen LogP contribution in [0.25, 0.3) is 0 Å². The molecular formula is C13H18N4O. The molecule has 1 spiro atoms. The van der Waals surface area contributed by atoms with Crippen molar-refractivity contribution in [2.45, 2.75) is 25.8 Å². The minimum atomic E-state index is 0.205. The molecule has 0 aromatic carbocycles. The molecule has 1 amide bonds. The molecule has 2 fully saturated rings. The second kappa shape index (κ2) is 4.65. The first-order valence-electron chi connectivity index (χ1n) is 6.52. The Bertz CT molecular complexity index is 428. The van der Waals surface area contributed by atoms with Gasteiger partial charge in [-0.1, -0.05) is 0 Å². The lowest BCUT2D eigenvalue weighted by Gasteiger charge is -2.32. The summed E-state index contributed by atoms with van der Waals surface area (Å²) in [6.45, 7) is 3.48. The summed E-state index contributed by atoms with van der Waals surface area (Å²) in [5.41, 5.74) is 0.205. The first kappa shape index (κ1) is 11.6. The number of likely N-dealkylation sites (tertiary alicyclic amines) is 1. The fourth-order valence-corrected chi connectivity index (χ4v) is 3.00. The van der Waals surface area contributed by atoms with Gasteiger partial charge in [0.2, 0.25) is 5.91 Å². The predicted octanol–water partition coefficient (Wildman–Crippen LogP) is 0.579. The second-order valence-corrected chi connectivity index (χ2v) is 5.34. The van der Waals surface area contributed by atoms with Gasteiger partial charge in [-0.05, 0) is 37.4 Å². The highest BCUT2D eigenvalue weighted by atomic mass is 16.2. The molecule has 1 aromatic rings. The molecule has 18 heavy (non-hydrogen) atoms. The Morgan fingerprint density at radius 1 is 1.28 bits per heavy atom. The summed E-state index contributed by atoms with van der Waals surface area (Å²) in [5, 5.41) is 3.36. The molecular weight excluding hydrogens is 228 g/mol. The van der Waals surface area contributed by atoms with Crippen LogP contribution in [-0.4, -0.2) is 40.4 Å². The molecule has 5 heteroatoms. The summed E-state index contributed by atoms with van der Waals surface area (Å²) in [7, 11) is 0. The topological polar surface area (TPSA) is 58.1 Å². The second-order valence-electron chi connectivity index (χ2n) is 5.34. The third-order valence-corrected chi connectivity index (χ3v) is 4.02. The minimum absolute atomic E-state index is 0.205. The van der Waals surface area contributed by atoms with Crippen molar-refractivity contribution in [2.75, 3.05) is 19.6 Å². The summed E-state index contributed by atoms with van der Waals surface area (Å²) in [6, 6.07) is 1.80. The van der Waals surface area contributed by atoms with Crippen LogP contribution in [0.4, 0.5) is 0 Å². The monoisotopic (exact) mass is 246 g/mol. The van der Waals surface area contributed by atoms with Crippen LogP contribution in [0, 0.1) is 5.41 Å². The molecule has 0 saturated carbocycles. The van der Waals surface area contributed by atoms with E-state index in [1.54, 1.807) is 18.5 Å². The van der Waals surface area contributed by atoms with Crippen molar-refractivity contribution < 1.29 is 4.79 Å². The summed E-state index contributed by atoms with van der Waals surface area (Å²) < 4.78 is 0. The maximum Gasteiger partial charge on any atom is 0.223 e. The molecule has 0 unspecified atom stereocenters. The SMILES string of the molecule is O=C1CC2(CCNCC2)CN1Cc1ncccn1. The highest BCUT2D eigenvalue weighted by molar-refractivity contribution is 5.79. The van der Waals surface area contributed by atoms with Crippen LogP contribution in [0.15, 0.2) is 18.5 Å². The molecule has 0 atom stereocenters. The van der Waals surface area contributed by atoms with Crippen LogP contribution in [-0.2, 0) is 11.3 Å². The zero-order valence-corrected chi connectivity index (χ0v) is 10.4. The Morgan fingerprint density at radius 3 is 2.72 bits per heavy atom. The van der Waals surface area contributed by atoms with Gasteiger partial charge in [0.15, 0.2) is 0 Å². The quantitative estimate of drug-likeness (QED) is 0.829. The van der Waals surface area contributed by atoms with E-state index in [1.807, 2.05) is 4.90 Å². The maximum atomic E-state index is 12.1. The standard InChI is InChI=1S/C13H18N4O/c18-12-8-13(2-6-14-7-3-13)10-17(12)9-11-15-4-1-5-16-11/h1,4-5,14H,2-3,6-10H2. The number of amides is 1. The van der Waals surface area contributed by atoms with Gasteiger partial charge in [-0.3, -0.25) is 4.79 Å². The Morgan fingerprint density at radius 2 is 2.00 bits per heavy atom. The fourth-order valence-electron chi connectivity index (χ4n) is 3.00. The molecule has 0 radical (unpaired) electrons. The van der Waals surface area contributed by atoms with Crippen LogP contribution in [0.2, 0.25) is 0 Å². The summed E-state index contributed by atoms with van der Waals surface area (Å²) in [5.74, 6) is 0.987. The van der Waals surface area contributed by atoms with E-state index in [4.69, 9.17) is 0 Å². The number of carbonyl (C=O) groups is 1. The molecule has 96 valence electrons. The van der Waals surface area contributed by atoms with Crippen molar-refractivity contribution >= 4 is 5.91 Å². The molecule has 5 nitrogen and oxygen atoms in total. The molecule has 2 aliphatic rings. The van der Waals surface area contributed by atoms with E-state index in [-0.39, 0.29) is 11.3 Å². The van der Waals surface area contributed by atoms with Gasteiger partial charge in [0.1, 0.15) is 5.82 Å². The van der Waals surface area contributed by atoms with E-state index in [1.165, 1.54) is 0 Å². The molecule has 3 rings (SSSR count). The van der Waals surface area contributed by atoms with Crippen molar-refractivity contribution in [3.63, 3.8) is 0 Å². The van der Waals surface area contributed by atoms with E-state index in [2.05, 4.69) is 15.3 Å². The zero-order chi connectivity index (χ0) is 12.4. The first-order valence-corrected chi connectivity index (χ1v) is 6.52. The van der Waals surface area contributed by atoms with E-state index < -0.39 is 0 Å². The van der Waals surface area contributed by atoms with Gasteiger partial charge in [-0.25, -0.2) is 9.97 Å². The van der Waals surface area contributed by atoms with Crippen molar-refractivity contribution in [3.8, 4) is 0 Å². The van der Waals surface area contributed by atoms with E-state index in [0.29, 0.717) is 13.0 Å². The largest absolute Gasteiger partial charge is 0.335 e. The normalized spacial score (nSPS) is 22.7. The third kappa shape index (κ3) is 2.22. The van der Waals surface area contributed by atoms with Crippen LogP contribution in [0.5, 0.6) is 0 Å². The third-order valence-electron chi connectivity index (χ3n) is 4.02. The Balaban J connectivity index is 1.69. The molecule has 1 N–H and O–H groups in total. The smallest absolute Gasteiger partial charge is 0.223 e. The zero-order valence-electron chi connectivity index (χ0n) is 10.4.